The predicted molar refractivity (Wildman–Crippen MR) is 38.6 cm³/mol. The number of nitrogens with zero attached hydrogens (tertiary/aromatic N) is 1. The van der Waals surface area contributed by atoms with Crippen molar-refractivity contribution in [1.82, 2.24) is 4.90 Å². The zero-order valence-corrected chi connectivity index (χ0v) is 6.70. The molecule has 1 aliphatic heterocycles. The van der Waals surface area contributed by atoms with Gasteiger partial charge in [-0.1, -0.05) is 0 Å². The van der Waals surface area contributed by atoms with Gasteiger partial charge in [0.15, 0.2) is 0 Å². The molecule has 5 heteroatoms. The highest BCUT2D eigenvalue weighted by Crippen LogP contribution is 2.03. The number of rotatable bonds is 0. The van der Waals surface area contributed by atoms with Crippen molar-refractivity contribution in [2.75, 3.05) is 20.2 Å². The molecule has 5 nitrogen and oxygen atoms in total. The van der Waals surface area contributed by atoms with Gasteiger partial charge < -0.3 is 4.74 Å². The van der Waals surface area contributed by atoms with Crippen molar-refractivity contribution in [3.63, 3.8) is 0 Å². The second-order valence-electron chi connectivity index (χ2n) is 2.49. The highest BCUT2D eigenvalue weighted by Gasteiger charge is 2.27. The molecule has 1 amide bonds. The maximum atomic E-state index is 10.9. The number of ketones is 2. The van der Waals surface area contributed by atoms with Gasteiger partial charge in [-0.25, -0.2) is 4.79 Å². The van der Waals surface area contributed by atoms with Crippen molar-refractivity contribution < 1.29 is 19.1 Å². The third-order valence-electron chi connectivity index (χ3n) is 1.69. The van der Waals surface area contributed by atoms with Crippen LogP contribution >= 0.6 is 0 Å². The summed E-state index contributed by atoms with van der Waals surface area (Å²) in [6.07, 6.45) is -0.454. The monoisotopic (exact) mass is 171 g/mol. The fourth-order valence-electron chi connectivity index (χ4n) is 1.00. The van der Waals surface area contributed by atoms with Crippen LogP contribution in [-0.4, -0.2) is 42.8 Å². The zero-order valence-electron chi connectivity index (χ0n) is 6.70. The van der Waals surface area contributed by atoms with Crippen LogP contribution in [-0.2, 0) is 14.3 Å². The third-order valence-corrected chi connectivity index (χ3v) is 1.69. The van der Waals surface area contributed by atoms with Crippen molar-refractivity contribution in [3.8, 4) is 0 Å². The largest absolute Gasteiger partial charge is 0.453 e. The van der Waals surface area contributed by atoms with E-state index in [1.54, 1.807) is 0 Å². The fraction of sp³-hybridized carbons (Fsp3) is 0.571. The average Bonchev–Trinajstić information content (AvgIpc) is 2.08. The number of ether oxygens (including phenoxy) is 1. The van der Waals surface area contributed by atoms with Crippen LogP contribution in [0.15, 0.2) is 0 Å². The standard InChI is InChI=1S/C7H9NO4/c1-12-7(11)8-3-2-5(9)6(10)4-8/h2-4H2,1H3. The Kier molecular flexibility index (Phi) is 2.42. The molecule has 66 valence electrons. The Bertz CT molecular complexity index is 236. The maximum Gasteiger partial charge on any atom is 0.409 e. The van der Waals surface area contributed by atoms with Gasteiger partial charge in [-0.15, -0.1) is 0 Å². The number of hydrogen-bond donors (Lipinski definition) is 0. The molecular weight excluding hydrogens is 162 g/mol. The summed E-state index contributed by atoms with van der Waals surface area (Å²) in [6.45, 7) is 0.128. The predicted octanol–water partition coefficient (Wildman–Crippen LogP) is -0.403. The van der Waals surface area contributed by atoms with E-state index in [-0.39, 0.29) is 19.5 Å². The van der Waals surface area contributed by atoms with Crippen molar-refractivity contribution in [3.05, 3.63) is 0 Å². The van der Waals surface area contributed by atoms with Crippen molar-refractivity contribution in [2.45, 2.75) is 6.42 Å². The summed E-state index contributed by atoms with van der Waals surface area (Å²) < 4.78 is 4.40. The lowest BCUT2D eigenvalue weighted by molar-refractivity contribution is -0.139. The van der Waals surface area contributed by atoms with Crippen LogP contribution in [0.5, 0.6) is 0 Å². The van der Waals surface area contributed by atoms with Gasteiger partial charge in [0.2, 0.25) is 11.6 Å². The Labute approximate surface area is 69.3 Å². The zero-order chi connectivity index (χ0) is 9.14. The molecular formula is C7H9NO4. The Morgan fingerprint density at radius 1 is 1.42 bits per heavy atom. The van der Waals surface area contributed by atoms with E-state index in [4.69, 9.17) is 0 Å². The van der Waals surface area contributed by atoms with Crippen LogP contribution in [0.3, 0.4) is 0 Å². The van der Waals surface area contributed by atoms with Crippen LogP contribution in [0.1, 0.15) is 6.42 Å². The normalized spacial score (nSPS) is 17.9. The van der Waals surface area contributed by atoms with Gasteiger partial charge in [-0.3, -0.25) is 14.5 Å². The molecule has 1 aliphatic rings. The Hall–Kier alpha value is -1.39. The van der Waals surface area contributed by atoms with Crippen LogP contribution in [0.4, 0.5) is 4.79 Å². The smallest absolute Gasteiger partial charge is 0.409 e. The number of carbonyl (C=O) groups is 3. The first-order valence-corrected chi connectivity index (χ1v) is 3.54. The third kappa shape index (κ3) is 1.61. The second-order valence-corrected chi connectivity index (χ2v) is 2.49. The molecule has 0 saturated carbocycles. The Morgan fingerprint density at radius 2 is 2.08 bits per heavy atom. The maximum absolute atomic E-state index is 10.9. The minimum absolute atomic E-state index is 0.105. The summed E-state index contributed by atoms with van der Waals surface area (Å²) in [7, 11) is 1.24. The summed E-state index contributed by atoms with van der Waals surface area (Å²) in [5.41, 5.74) is 0. The van der Waals surface area contributed by atoms with E-state index in [0.717, 1.165) is 0 Å². The summed E-state index contributed by atoms with van der Waals surface area (Å²) in [5, 5.41) is 0. The number of methoxy groups -OCH3 is 1. The Morgan fingerprint density at radius 3 is 2.58 bits per heavy atom. The first kappa shape index (κ1) is 8.70. The molecule has 1 fully saturated rings. The minimum Gasteiger partial charge on any atom is -0.453 e. The highest BCUT2D eigenvalue weighted by atomic mass is 16.5. The molecule has 0 aliphatic carbocycles. The van der Waals surface area contributed by atoms with Gasteiger partial charge in [-0.2, -0.15) is 0 Å². The van der Waals surface area contributed by atoms with Gasteiger partial charge >= 0.3 is 6.09 Å². The molecule has 0 aromatic carbocycles. The van der Waals surface area contributed by atoms with Gasteiger partial charge in [0.25, 0.3) is 0 Å². The van der Waals surface area contributed by atoms with Crippen molar-refractivity contribution in [2.24, 2.45) is 0 Å². The van der Waals surface area contributed by atoms with Gasteiger partial charge in [0, 0.05) is 13.0 Å². The molecule has 1 rings (SSSR count). The molecule has 0 N–H and O–H groups in total. The van der Waals surface area contributed by atoms with Crippen LogP contribution in [0, 0.1) is 0 Å². The molecule has 0 unspecified atom stereocenters. The molecule has 1 heterocycles. The molecule has 12 heavy (non-hydrogen) atoms. The molecule has 0 aromatic rings. The van der Waals surface area contributed by atoms with Crippen LogP contribution in [0.25, 0.3) is 0 Å². The minimum atomic E-state index is -0.559. The van der Waals surface area contributed by atoms with Crippen molar-refractivity contribution >= 4 is 17.7 Å². The summed E-state index contributed by atoms with van der Waals surface area (Å²) in [6, 6.07) is 0. The van der Waals surface area contributed by atoms with E-state index in [9.17, 15) is 14.4 Å². The van der Waals surface area contributed by atoms with E-state index in [1.807, 2.05) is 0 Å². The van der Waals surface area contributed by atoms with Crippen molar-refractivity contribution in [1.29, 1.82) is 0 Å². The molecule has 0 atom stereocenters. The van der Waals surface area contributed by atoms with E-state index in [1.165, 1.54) is 12.0 Å². The first-order valence-electron chi connectivity index (χ1n) is 3.54. The summed E-state index contributed by atoms with van der Waals surface area (Å²) in [4.78, 5) is 33.6. The number of hydrogen-bond acceptors (Lipinski definition) is 4. The summed E-state index contributed by atoms with van der Waals surface area (Å²) in [5.74, 6) is -0.929. The topological polar surface area (TPSA) is 63.7 Å². The molecule has 0 radical (unpaired) electrons. The molecule has 0 bridgehead atoms. The SMILES string of the molecule is COC(=O)N1CCC(=O)C(=O)C1. The number of amides is 1. The average molecular weight is 171 g/mol. The Balaban J connectivity index is 2.56. The molecule has 0 aromatic heterocycles. The van der Waals surface area contributed by atoms with Gasteiger partial charge in [0.1, 0.15) is 0 Å². The lowest BCUT2D eigenvalue weighted by Gasteiger charge is -2.23. The van der Waals surface area contributed by atoms with Crippen LogP contribution < -0.4 is 0 Å². The lowest BCUT2D eigenvalue weighted by atomic mass is 10.1. The van der Waals surface area contributed by atoms with Gasteiger partial charge in [0.05, 0.1) is 13.7 Å². The number of Topliss-reactive ketones (excluding diaryl/α,β-unsaturated/α-hetero) is 2. The molecule has 1 saturated heterocycles. The highest BCUT2D eigenvalue weighted by molar-refractivity contribution is 6.38. The fourth-order valence-corrected chi connectivity index (χ4v) is 1.00. The quantitative estimate of drug-likeness (QED) is 0.465. The second kappa shape index (κ2) is 3.34. The van der Waals surface area contributed by atoms with E-state index in [0.29, 0.717) is 0 Å². The molecule has 0 spiro atoms. The van der Waals surface area contributed by atoms with E-state index < -0.39 is 17.7 Å². The number of likely N-dealkylation sites (tertiary alicyclic amines) is 1. The van der Waals surface area contributed by atoms with E-state index in [2.05, 4.69) is 4.74 Å². The van der Waals surface area contributed by atoms with Crippen LogP contribution in [0.2, 0.25) is 0 Å². The van der Waals surface area contributed by atoms with E-state index >= 15 is 0 Å². The number of piperidine rings is 1. The summed E-state index contributed by atoms with van der Waals surface area (Å²) >= 11 is 0. The number of carbonyl (C=O) groups excluding carboxylic acids is 3. The first-order chi connectivity index (χ1) is 5.65. The van der Waals surface area contributed by atoms with Gasteiger partial charge in [-0.05, 0) is 0 Å². The lowest BCUT2D eigenvalue weighted by Crippen LogP contribution is -2.44.